The van der Waals surface area contributed by atoms with Gasteiger partial charge in [0.2, 0.25) is 5.91 Å². The van der Waals surface area contributed by atoms with E-state index in [1.807, 2.05) is 10.6 Å². The summed E-state index contributed by atoms with van der Waals surface area (Å²) in [4.78, 5) is 13.0. The third-order valence-electron chi connectivity index (χ3n) is 7.06. The molecule has 1 saturated heterocycles. The number of benzene rings is 1. The van der Waals surface area contributed by atoms with Crippen LogP contribution in [0.2, 0.25) is 0 Å². The molecule has 188 valence electrons. The number of carbonyl (C=O) groups excluding carboxylic acids is 1. The zero-order valence-corrected chi connectivity index (χ0v) is 26.1. The van der Waals surface area contributed by atoms with Crippen LogP contribution in [-0.4, -0.2) is 23.6 Å². The Morgan fingerprint density at radius 2 is 1.57 bits per heavy atom. The second-order valence-electron chi connectivity index (χ2n) is 9.79. The van der Waals surface area contributed by atoms with Gasteiger partial charge in [-0.15, -0.1) is 13.1 Å². The Morgan fingerprint density at radius 1 is 0.914 bits per heavy atom. The molecule has 0 unspecified atom stereocenters. The number of piperidine rings is 1. The Kier molecular flexibility index (Phi) is 15.5. The van der Waals surface area contributed by atoms with Crippen molar-refractivity contribution in [3.63, 3.8) is 0 Å². The molecule has 0 atom stereocenters. The van der Waals surface area contributed by atoms with Gasteiger partial charge >= 0.3 is 0 Å². The maximum absolute atomic E-state index is 13.0. The first kappa shape index (κ1) is 30.0. The fourth-order valence-corrected chi connectivity index (χ4v) is 5.01. The van der Waals surface area contributed by atoms with E-state index in [-0.39, 0.29) is 33.2 Å². The Hall–Kier alpha value is -1.21. The van der Waals surface area contributed by atoms with Crippen LogP contribution in [-0.2, 0) is 27.3 Å². The Labute approximate surface area is 234 Å². The second-order valence-corrected chi connectivity index (χ2v) is 9.79. The number of carbonyl (C=O) groups is 1. The van der Waals surface area contributed by atoms with Gasteiger partial charge in [0.1, 0.15) is 0 Å². The number of rotatable bonds is 15. The van der Waals surface area contributed by atoms with Crippen molar-refractivity contribution in [1.29, 1.82) is 0 Å². The van der Waals surface area contributed by atoms with Crippen molar-refractivity contribution in [3.05, 3.63) is 65.6 Å². The fourth-order valence-electron chi connectivity index (χ4n) is 5.01. The van der Waals surface area contributed by atoms with Crippen LogP contribution in [0.15, 0.2) is 54.8 Å². The molecule has 1 aromatic heterocycles. The first-order valence-corrected chi connectivity index (χ1v) is 13.9. The van der Waals surface area contributed by atoms with Crippen LogP contribution in [0, 0.1) is 0 Å². The van der Waals surface area contributed by atoms with E-state index in [1.54, 1.807) is 0 Å². The van der Waals surface area contributed by atoms with Gasteiger partial charge in [-0.1, -0.05) is 94.4 Å². The molecule has 1 fully saturated rings. The van der Waals surface area contributed by atoms with Crippen molar-refractivity contribution in [3.8, 4) is 0 Å². The van der Waals surface area contributed by atoms with Crippen LogP contribution in [0.4, 0.5) is 0 Å². The summed E-state index contributed by atoms with van der Waals surface area (Å²) in [5.41, 5.74) is 2.42. The van der Waals surface area contributed by atoms with E-state index in [2.05, 4.69) is 60.9 Å². The number of hydrogen-bond donors (Lipinski definition) is 0. The molecule has 1 aromatic carbocycles. The minimum Gasteiger partial charge on any atom is -0.662 e. The number of nitrogens with zero attached hydrogens (tertiary/aromatic N) is 2. The van der Waals surface area contributed by atoms with Crippen molar-refractivity contribution in [1.82, 2.24) is 4.57 Å². The topological polar surface area (TPSA) is 36.1 Å². The summed E-state index contributed by atoms with van der Waals surface area (Å²) in [5.74, 6) is 0.779. The van der Waals surface area contributed by atoms with Crippen LogP contribution >= 0.6 is 0 Å². The van der Waals surface area contributed by atoms with Gasteiger partial charge < -0.3 is 5.32 Å². The summed E-state index contributed by atoms with van der Waals surface area (Å²) in [5, 5.41) is 5.75. The molecule has 2 heterocycles. The van der Waals surface area contributed by atoms with Crippen molar-refractivity contribution in [2.75, 3.05) is 13.1 Å². The maximum Gasteiger partial charge on any atom is 0.231 e. The third-order valence-corrected chi connectivity index (χ3v) is 7.06. The molecule has 1 aliphatic heterocycles. The largest absolute Gasteiger partial charge is 0.662 e. The first-order chi connectivity index (χ1) is 16.8. The molecule has 2 aromatic rings. The predicted molar refractivity (Wildman–Crippen MR) is 147 cm³/mol. The molecule has 4 heteroatoms. The Balaban J connectivity index is 0.00000432. The number of aromatic nitrogens is 1. The van der Waals surface area contributed by atoms with Gasteiger partial charge in [-0.3, -0.25) is 9.36 Å². The van der Waals surface area contributed by atoms with E-state index in [0.717, 1.165) is 50.7 Å². The number of para-hydroxylation sites is 1. The summed E-state index contributed by atoms with van der Waals surface area (Å²) in [6.07, 6.45) is 27.5. The number of unbranched alkanes of at least 4 members (excludes halogenated alkanes) is 8. The van der Waals surface area contributed by atoms with E-state index in [0.29, 0.717) is 12.3 Å². The van der Waals surface area contributed by atoms with E-state index in [1.165, 1.54) is 62.3 Å². The van der Waals surface area contributed by atoms with Crippen LogP contribution in [0.25, 0.3) is 16.2 Å². The molecule has 0 N–H and O–H groups in total. The molecule has 0 aliphatic carbocycles. The van der Waals surface area contributed by atoms with Crippen molar-refractivity contribution < 1.29 is 32.1 Å². The first-order valence-electron chi connectivity index (χ1n) is 13.9. The molecule has 35 heavy (non-hydrogen) atoms. The smallest absolute Gasteiger partial charge is 0.231 e. The summed E-state index contributed by atoms with van der Waals surface area (Å²) < 4.78 is 1.93. The zero-order valence-electron chi connectivity index (χ0n) is 22.1. The van der Waals surface area contributed by atoms with Crippen LogP contribution < -0.4 is 0 Å². The van der Waals surface area contributed by atoms with Crippen LogP contribution in [0.5, 0.6) is 0 Å². The average Bonchev–Trinajstić information content (AvgIpc) is 3.27. The number of hydrogen-bond acceptors (Lipinski definition) is 1. The molecular weight excluding hydrogens is 529 g/mol. The SMILES string of the molecule is CCCCC/C=C\C/C=C\CCCCCCCC(=O)n1cc(C2CC[N-]CC2)c2ccccc21.[Cd]. The summed E-state index contributed by atoms with van der Waals surface area (Å²) >= 11 is 0. The third kappa shape index (κ3) is 10.4. The molecule has 0 radical (unpaired) electrons. The summed E-state index contributed by atoms with van der Waals surface area (Å²) in [7, 11) is 0. The van der Waals surface area contributed by atoms with E-state index in [9.17, 15) is 4.79 Å². The zero-order chi connectivity index (χ0) is 23.8. The van der Waals surface area contributed by atoms with Gasteiger partial charge in [-0.05, 0) is 56.1 Å². The van der Waals surface area contributed by atoms with Gasteiger partial charge in [0.15, 0.2) is 0 Å². The average molecular weight is 574 g/mol. The minimum absolute atomic E-state index is 0. The summed E-state index contributed by atoms with van der Waals surface area (Å²) in [6, 6.07) is 8.41. The predicted octanol–water partition coefficient (Wildman–Crippen LogP) is 9.34. The molecule has 3 rings (SSSR count). The molecule has 0 saturated carbocycles. The van der Waals surface area contributed by atoms with E-state index < -0.39 is 0 Å². The van der Waals surface area contributed by atoms with E-state index in [4.69, 9.17) is 0 Å². The van der Waals surface area contributed by atoms with Crippen LogP contribution in [0.3, 0.4) is 0 Å². The summed E-state index contributed by atoms with van der Waals surface area (Å²) in [6.45, 7) is 4.15. The molecule has 0 amide bonds. The van der Waals surface area contributed by atoms with Crippen LogP contribution in [0.1, 0.15) is 113 Å². The van der Waals surface area contributed by atoms with Crippen molar-refractivity contribution in [2.24, 2.45) is 0 Å². The molecule has 1 aliphatic rings. The Morgan fingerprint density at radius 3 is 2.31 bits per heavy atom. The molecule has 3 nitrogen and oxygen atoms in total. The van der Waals surface area contributed by atoms with Gasteiger partial charge in [0.05, 0.1) is 5.52 Å². The number of fused-ring (bicyclic) bond motifs is 1. The van der Waals surface area contributed by atoms with Crippen molar-refractivity contribution in [2.45, 2.75) is 103 Å². The van der Waals surface area contributed by atoms with Crippen molar-refractivity contribution >= 4 is 16.8 Å². The van der Waals surface area contributed by atoms with Gasteiger partial charge in [0.25, 0.3) is 0 Å². The fraction of sp³-hybridized carbons (Fsp3) is 0.581. The Bertz CT molecular complexity index is 908. The minimum atomic E-state index is 0. The normalized spacial score (nSPS) is 14.8. The molecule has 0 spiro atoms. The van der Waals surface area contributed by atoms with Gasteiger partial charge in [-0.2, -0.15) is 0 Å². The van der Waals surface area contributed by atoms with Gasteiger partial charge in [0, 0.05) is 45.3 Å². The molecule has 0 bridgehead atoms. The monoisotopic (exact) mass is 575 g/mol. The van der Waals surface area contributed by atoms with E-state index >= 15 is 0 Å². The number of allylic oxidation sites excluding steroid dienone is 4. The second kappa shape index (κ2) is 18.1. The molecular formula is C31H45CdN2O-. The van der Waals surface area contributed by atoms with Gasteiger partial charge in [-0.25, -0.2) is 0 Å². The quantitative estimate of drug-likeness (QED) is 0.119. The maximum atomic E-state index is 13.0. The standard InChI is InChI=1S/C31H45N2O.Cd/c1-2-3-4-5-6-7-8-9-10-11-12-13-14-15-16-21-31(34)33-26-29(27-22-24-32-25-23-27)28-19-17-18-20-30(28)33;/h6-7,9-10,17-20,26-27H,2-5,8,11-16,21-25H2,1H3;/q-1;/b7-6-,10-9-;.